The van der Waals surface area contributed by atoms with E-state index in [2.05, 4.69) is 12.2 Å². The Morgan fingerprint density at radius 2 is 2.10 bits per heavy atom. The van der Waals surface area contributed by atoms with E-state index in [1.165, 1.54) is 0 Å². The van der Waals surface area contributed by atoms with Gasteiger partial charge in [0, 0.05) is 13.2 Å². The highest BCUT2D eigenvalue weighted by Gasteiger charge is 2.18. The standard InChI is InChI=1S/C17H23NO3/c1-12-7-8-17(21-12)16(11-20-3)18-13(2)15-6-4-5-14(9-15)10-19/h4-9,13,16,18-19H,10-11H2,1-3H3. The highest BCUT2D eigenvalue weighted by atomic mass is 16.5. The summed E-state index contributed by atoms with van der Waals surface area (Å²) in [5.41, 5.74) is 2.05. The molecule has 0 saturated carbocycles. The van der Waals surface area contributed by atoms with Crippen LogP contribution in [0.4, 0.5) is 0 Å². The van der Waals surface area contributed by atoms with E-state index in [1.807, 2.05) is 43.3 Å². The first-order chi connectivity index (χ1) is 10.1. The van der Waals surface area contributed by atoms with Crippen LogP contribution in [0.3, 0.4) is 0 Å². The van der Waals surface area contributed by atoms with E-state index in [0.717, 1.165) is 22.6 Å². The second-order valence-corrected chi connectivity index (χ2v) is 5.25. The SMILES string of the molecule is COCC(NC(C)c1cccc(CO)c1)c1ccc(C)o1. The third-order valence-corrected chi connectivity index (χ3v) is 3.52. The van der Waals surface area contributed by atoms with Crippen molar-refractivity contribution in [1.29, 1.82) is 0 Å². The molecule has 1 heterocycles. The summed E-state index contributed by atoms with van der Waals surface area (Å²) in [4.78, 5) is 0. The lowest BCUT2D eigenvalue weighted by Gasteiger charge is -2.22. The Morgan fingerprint density at radius 1 is 1.29 bits per heavy atom. The molecule has 0 fully saturated rings. The number of nitrogens with one attached hydrogen (secondary N) is 1. The van der Waals surface area contributed by atoms with Gasteiger partial charge in [-0.25, -0.2) is 0 Å². The topological polar surface area (TPSA) is 54.6 Å². The molecule has 2 atom stereocenters. The molecule has 2 unspecified atom stereocenters. The van der Waals surface area contributed by atoms with Crippen LogP contribution in [-0.4, -0.2) is 18.8 Å². The smallest absolute Gasteiger partial charge is 0.123 e. The number of benzene rings is 1. The van der Waals surface area contributed by atoms with Crippen LogP contribution in [0, 0.1) is 6.92 Å². The molecule has 0 aliphatic carbocycles. The molecule has 1 aromatic heterocycles. The number of hydrogen-bond acceptors (Lipinski definition) is 4. The zero-order valence-electron chi connectivity index (χ0n) is 12.8. The maximum absolute atomic E-state index is 9.24. The Kier molecular flexibility index (Phi) is 5.56. The van der Waals surface area contributed by atoms with E-state index in [4.69, 9.17) is 9.15 Å². The number of hydrogen-bond donors (Lipinski definition) is 2. The molecule has 2 aromatic rings. The van der Waals surface area contributed by atoms with Crippen molar-refractivity contribution in [1.82, 2.24) is 5.32 Å². The average molecular weight is 289 g/mol. The van der Waals surface area contributed by atoms with E-state index in [0.29, 0.717) is 6.61 Å². The first-order valence-electron chi connectivity index (χ1n) is 7.15. The summed E-state index contributed by atoms with van der Waals surface area (Å²) in [6.45, 7) is 4.62. The summed E-state index contributed by atoms with van der Waals surface area (Å²) >= 11 is 0. The maximum Gasteiger partial charge on any atom is 0.123 e. The zero-order chi connectivity index (χ0) is 15.2. The molecular formula is C17H23NO3. The Balaban J connectivity index is 2.12. The fourth-order valence-electron chi connectivity index (χ4n) is 2.38. The quantitative estimate of drug-likeness (QED) is 0.822. The van der Waals surface area contributed by atoms with E-state index in [1.54, 1.807) is 7.11 Å². The monoisotopic (exact) mass is 289 g/mol. The van der Waals surface area contributed by atoms with Crippen molar-refractivity contribution in [3.8, 4) is 0 Å². The van der Waals surface area contributed by atoms with Gasteiger partial charge >= 0.3 is 0 Å². The normalized spacial score (nSPS) is 14.1. The molecule has 0 saturated heterocycles. The largest absolute Gasteiger partial charge is 0.465 e. The summed E-state index contributed by atoms with van der Waals surface area (Å²) in [7, 11) is 1.68. The summed E-state index contributed by atoms with van der Waals surface area (Å²) in [5, 5.41) is 12.8. The number of methoxy groups -OCH3 is 1. The van der Waals surface area contributed by atoms with E-state index in [9.17, 15) is 5.11 Å². The summed E-state index contributed by atoms with van der Waals surface area (Å²) in [5.74, 6) is 1.77. The number of aliphatic hydroxyl groups excluding tert-OH is 1. The molecule has 4 nitrogen and oxygen atoms in total. The van der Waals surface area contributed by atoms with Crippen LogP contribution >= 0.6 is 0 Å². The van der Waals surface area contributed by atoms with Crippen molar-refractivity contribution in [2.24, 2.45) is 0 Å². The van der Waals surface area contributed by atoms with Crippen molar-refractivity contribution in [3.05, 3.63) is 59.0 Å². The third kappa shape index (κ3) is 4.17. The summed E-state index contributed by atoms with van der Waals surface area (Å²) < 4.78 is 11.0. The Bertz CT molecular complexity index is 565. The van der Waals surface area contributed by atoms with Gasteiger partial charge in [0.05, 0.1) is 19.3 Å². The molecule has 4 heteroatoms. The minimum atomic E-state index is -0.00326. The van der Waals surface area contributed by atoms with Crippen molar-refractivity contribution in [2.75, 3.05) is 13.7 Å². The minimum absolute atomic E-state index is 0.00326. The lowest BCUT2D eigenvalue weighted by Crippen LogP contribution is -2.27. The predicted molar refractivity (Wildman–Crippen MR) is 82.0 cm³/mol. The summed E-state index contributed by atoms with van der Waals surface area (Å²) in [6.07, 6.45) is 0. The minimum Gasteiger partial charge on any atom is -0.465 e. The molecule has 114 valence electrons. The van der Waals surface area contributed by atoms with Gasteiger partial charge in [0.15, 0.2) is 0 Å². The van der Waals surface area contributed by atoms with Gasteiger partial charge in [-0.05, 0) is 37.1 Å². The summed E-state index contributed by atoms with van der Waals surface area (Å²) in [6, 6.07) is 12.0. The first kappa shape index (κ1) is 15.8. The molecule has 2 N–H and O–H groups in total. The number of rotatable bonds is 7. The van der Waals surface area contributed by atoms with Crippen molar-refractivity contribution >= 4 is 0 Å². The highest BCUT2D eigenvalue weighted by molar-refractivity contribution is 5.25. The van der Waals surface area contributed by atoms with Gasteiger partial charge in [-0.1, -0.05) is 24.3 Å². The van der Waals surface area contributed by atoms with Crippen molar-refractivity contribution < 1.29 is 14.3 Å². The maximum atomic E-state index is 9.24. The number of aryl methyl sites for hydroxylation is 1. The highest BCUT2D eigenvalue weighted by Crippen LogP contribution is 2.22. The fourth-order valence-corrected chi connectivity index (χ4v) is 2.38. The Hall–Kier alpha value is -1.62. The van der Waals surface area contributed by atoms with Gasteiger partial charge in [0.2, 0.25) is 0 Å². The first-order valence-corrected chi connectivity index (χ1v) is 7.15. The Labute approximate surface area is 125 Å². The van der Waals surface area contributed by atoms with Gasteiger partial charge in [0.25, 0.3) is 0 Å². The van der Waals surface area contributed by atoms with Crippen LogP contribution in [0.25, 0.3) is 0 Å². The lowest BCUT2D eigenvalue weighted by molar-refractivity contribution is 0.151. The van der Waals surface area contributed by atoms with E-state index < -0.39 is 0 Å². The molecule has 0 aliphatic rings. The van der Waals surface area contributed by atoms with Crippen LogP contribution < -0.4 is 5.32 Å². The van der Waals surface area contributed by atoms with Crippen LogP contribution in [0.15, 0.2) is 40.8 Å². The molecule has 0 radical (unpaired) electrons. The van der Waals surface area contributed by atoms with Gasteiger partial charge in [0.1, 0.15) is 11.5 Å². The van der Waals surface area contributed by atoms with Gasteiger partial charge in [-0.15, -0.1) is 0 Å². The zero-order valence-corrected chi connectivity index (χ0v) is 12.8. The third-order valence-electron chi connectivity index (χ3n) is 3.52. The molecule has 0 aliphatic heterocycles. The number of furan rings is 1. The molecule has 2 rings (SSSR count). The molecule has 1 aromatic carbocycles. The van der Waals surface area contributed by atoms with Crippen LogP contribution in [0.5, 0.6) is 0 Å². The van der Waals surface area contributed by atoms with Gasteiger partial charge in [-0.3, -0.25) is 5.32 Å². The Morgan fingerprint density at radius 3 is 2.71 bits per heavy atom. The fraction of sp³-hybridized carbons (Fsp3) is 0.412. The molecular weight excluding hydrogens is 266 g/mol. The van der Waals surface area contributed by atoms with Crippen LogP contribution in [-0.2, 0) is 11.3 Å². The van der Waals surface area contributed by atoms with E-state index in [-0.39, 0.29) is 18.7 Å². The molecule has 0 amide bonds. The van der Waals surface area contributed by atoms with Crippen LogP contribution in [0.1, 0.15) is 41.7 Å². The van der Waals surface area contributed by atoms with Crippen molar-refractivity contribution in [3.63, 3.8) is 0 Å². The van der Waals surface area contributed by atoms with E-state index >= 15 is 0 Å². The average Bonchev–Trinajstić information content (AvgIpc) is 2.93. The number of ether oxygens (including phenoxy) is 1. The predicted octanol–water partition coefficient (Wildman–Crippen LogP) is 3.12. The second kappa shape index (κ2) is 7.41. The lowest BCUT2D eigenvalue weighted by atomic mass is 10.0. The number of aliphatic hydroxyl groups is 1. The molecule has 21 heavy (non-hydrogen) atoms. The van der Waals surface area contributed by atoms with Crippen molar-refractivity contribution in [2.45, 2.75) is 32.5 Å². The van der Waals surface area contributed by atoms with Crippen LogP contribution in [0.2, 0.25) is 0 Å². The molecule has 0 spiro atoms. The molecule has 0 bridgehead atoms. The second-order valence-electron chi connectivity index (χ2n) is 5.25. The van der Waals surface area contributed by atoms with Gasteiger partial charge in [-0.2, -0.15) is 0 Å². The van der Waals surface area contributed by atoms with Gasteiger partial charge < -0.3 is 14.3 Å².